The molecule has 0 aliphatic carbocycles. The first-order valence-corrected chi connectivity index (χ1v) is 9.63. The van der Waals surface area contributed by atoms with Crippen LogP contribution in [-0.4, -0.2) is 42.1 Å². The Labute approximate surface area is 153 Å². The van der Waals surface area contributed by atoms with Crippen molar-refractivity contribution in [1.29, 1.82) is 0 Å². The van der Waals surface area contributed by atoms with Crippen LogP contribution in [0.2, 0.25) is 0 Å². The van der Waals surface area contributed by atoms with E-state index in [-0.39, 0.29) is 11.4 Å². The average molecular weight is 355 g/mol. The van der Waals surface area contributed by atoms with Crippen molar-refractivity contribution < 1.29 is 4.39 Å². The zero-order valence-corrected chi connectivity index (χ0v) is 15.0. The normalized spacial score (nSPS) is 20.4. The van der Waals surface area contributed by atoms with Gasteiger partial charge in [-0.05, 0) is 68.5 Å². The van der Waals surface area contributed by atoms with Gasteiger partial charge >= 0.3 is 0 Å². The minimum atomic E-state index is -0.121. The Morgan fingerprint density at radius 2 is 1.69 bits per heavy atom. The number of piperidine rings is 2. The smallest absolute Gasteiger partial charge is 0.248 e. The number of nitrogens with zero attached hydrogens (tertiary/aromatic N) is 2. The van der Waals surface area contributed by atoms with Gasteiger partial charge in [0.05, 0.1) is 5.69 Å². The van der Waals surface area contributed by atoms with Crippen LogP contribution in [0.3, 0.4) is 0 Å². The molecule has 2 aliphatic rings. The van der Waals surface area contributed by atoms with Crippen LogP contribution in [0.5, 0.6) is 0 Å². The molecule has 0 atom stereocenters. The van der Waals surface area contributed by atoms with E-state index in [9.17, 15) is 9.18 Å². The van der Waals surface area contributed by atoms with Crippen LogP contribution in [0.15, 0.2) is 47.4 Å². The first kappa shape index (κ1) is 17.3. The van der Waals surface area contributed by atoms with E-state index in [1.807, 2.05) is 18.2 Å². The first-order valence-electron chi connectivity index (χ1n) is 9.63. The number of aromatic amines is 1. The molecule has 2 fully saturated rings. The molecule has 26 heavy (non-hydrogen) atoms. The van der Waals surface area contributed by atoms with Crippen LogP contribution in [-0.2, 0) is 0 Å². The summed E-state index contributed by atoms with van der Waals surface area (Å²) in [7, 11) is 0. The molecule has 4 nitrogen and oxygen atoms in total. The molecule has 1 N–H and O–H groups in total. The summed E-state index contributed by atoms with van der Waals surface area (Å²) in [4.78, 5) is 19.0. The zero-order valence-electron chi connectivity index (χ0n) is 15.0. The van der Waals surface area contributed by atoms with Crippen molar-refractivity contribution in [2.75, 3.05) is 31.1 Å². The zero-order chi connectivity index (χ0) is 17.9. The molecular weight excluding hydrogens is 329 g/mol. The van der Waals surface area contributed by atoms with Gasteiger partial charge in [0.1, 0.15) is 5.82 Å². The highest BCUT2D eigenvalue weighted by molar-refractivity contribution is 5.47. The molecule has 0 saturated carbocycles. The van der Waals surface area contributed by atoms with Crippen molar-refractivity contribution >= 4 is 5.69 Å². The number of rotatable bonds is 3. The van der Waals surface area contributed by atoms with Gasteiger partial charge < -0.3 is 14.8 Å². The second kappa shape index (κ2) is 7.62. The van der Waals surface area contributed by atoms with Crippen LogP contribution in [0.25, 0.3) is 0 Å². The molecule has 1 aromatic heterocycles. The van der Waals surface area contributed by atoms with Crippen molar-refractivity contribution in [2.24, 2.45) is 0 Å². The van der Waals surface area contributed by atoms with Crippen LogP contribution in [0.4, 0.5) is 10.1 Å². The van der Waals surface area contributed by atoms with Gasteiger partial charge in [-0.25, -0.2) is 4.39 Å². The van der Waals surface area contributed by atoms with E-state index in [0.717, 1.165) is 57.5 Å². The summed E-state index contributed by atoms with van der Waals surface area (Å²) in [6.45, 7) is 4.00. The number of H-pyrrole nitrogens is 1. The number of hydrogen-bond donors (Lipinski definition) is 1. The van der Waals surface area contributed by atoms with Gasteiger partial charge in [0.2, 0.25) is 5.56 Å². The molecule has 5 heteroatoms. The summed E-state index contributed by atoms with van der Waals surface area (Å²) in [6, 6.07) is 11.4. The fourth-order valence-electron chi connectivity index (χ4n) is 4.49. The van der Waals surface area contributed by atoms with Gasteiger partial charge in [-0.2, -0.15) is 0 Å². The number of hydrogen-bond acceptors (Lipinski definition) is 3. The van der Waals surface area contributed by atoms with Crippen molar-refractivity contribution in [1.82, 2.24) is 9.88 Å². The molecule has 0 amide bonds. The molecule has 0 spiro atoms. The molecule has 0 unspecified atom stereocenters. The summed E-state index contributed by atoms with van der Waals surface area (Å²) >= 11 is 0. The molecule has 2 saturated heterocycles. The van der Waals surface area contributed by atoms with Gasteiger partial charge in [0.25, 0.3) is 0 Å². The van der Waals surface area contributed by atoms with E-state index >= 15 is 0 Å². The molecule has 3 heterocycles. The van der Waals surface area contributed by atoms with Crippen LogP contribution >= 0.6 is 0 Å². The first-order chi connectivity index (χ1) is 12.7. The molecule has 0 radical (unpaired) electrons. The molecule has 0 bridgehead atoms. The second-order valence-electron chi connectivity index (χ2n) is 7.47. The van der Waals surface area contributed by atoms with Crippen molar-refractivity contribution in [3.63, 3.8) is 0 Å². The van der Waals surface area contributed by atoms with Gasteiger partial charge in [-0.3, -0.25) is 4.79 Å². The van der Waals surface area contributed by atoms with E-state index < -0.39 is 0 Å². The SMILES string of the molecule is O=c1cc(C2CCN(C3CCN(c4ccccc4F)CC3)CC2)cc[nH]1. The van der Waals surface area contributed by atoms with E-state index in [1.54, 1.807) is 24.4 Å². The molecule has 2 aromatic rings. The maximum absolute atomic E-state index is 14.0. The van der Waals surface area contributed by atoms with E-state index in [0.29, 0.717) is 12.0 Å². The topological polar surface area (TPSA) is 39.3 Å². The van der Waals surface area contributed by atoms with Crippen LogP contribution in [0.1, 0.15) is 37.2 Å². The van der Waals surface area contributed by atoms with E-state index in [4.69, 9.17) is 0 Å². The lowest BCUT2D eigenvalue weighted by Crippen LogP contribution is -2.47. The predicted molar refractivity (Wildman–Crippen MR) is 102 cm³/mol. The molecule has 2 aliphatic heterocycles. The number of benzene rings is 1. The quantitative estimate of drug-likeness (QED) is 0.918. The largest absolute Gasteiger partial charge is 0.369 e. The van der Waals surface area contributed by atoms with Crippen molar-refractivity contribution in [3.8, 4) is 0 Å². The highest BCUT2D eigenvalue weighted by Crippen LogP contribution is 2.31. The summed E-state index contributed by atoms with van der Waals surface area (Å²) in [5.41, 5.74) is 1.90. The van der Waals surface area contributed by atoms with Gasteiger partial charge in [-0.1, -0.05) is 12.1 Å². The lowest BCUT2D eigenvalue weighted by atomic mass is 9.88. The molecule has 1 aromatic carbocycles. The Morgan fingerprint density at radius 3 is 2.38 bits per heavy atom. The van der Waals surface area contributed by atoms with E-state index in [2.05, 4.69) is 14.8 Å². The molecule has 138 valence electrons. The fourth-order valence-corrected chi connectivity index (χ4v) is 4.49. The summed E-state index contributed by atoms with van der Waals surface area (Å²) in [6.07, 6.45) is 6.14. The number of anilines is 1. The Bertz CT molecular complexity index is 790. The Morgan fingerprint density at radius 1 is 0.962 bits per heavy atom. The Balaban J connectivity index is 1.31. The third-order valence-electron chi connectivity index (χ3n) is 5.97. The third kappa shape index (κ3) is 3.68. The number of para-hydroxylation sites is 1. The Hall–Kier alpha value is -2.14. The minimum absolute atomic E-state index is 0.00885. The standard InChI is InChI=1S/C21H26FN3O/c22-19-3-1-2-4-20(19)25-13-8-18(9-14-25)24-11-6-16(7-12-24)17-5-10-23-21(26)15-17/h1-5,10,15-16,18H,6-9,11-14H2,(H,23,26). The van der Waals surface area contributed by atoms with Gasteiger partial charge in [0, 0.05) is 31.4 Å². The van der Waals surface area contributed by atoms with Crippen LogP contribution in [0, 0.1) is 5.82 Å². The van der Waals surface area contributed by atoms with E-state index in [1.165, 1.54) is 5.56 Å². The summed E-state index contributed by atoms with van der Waals surface area (Å²) in [5.74, 6) is 0.372. The maximum atomic E-state index is 14.0. The number of halogens is 1. The monoisotopic (exact) mass is 355 g/mol. The molecule has 4 rings (SSSR count). The van der Waals surface area contributed by atoms with Gasteiger partial charge in [0.15, 0.2) is 0 Å². The number of nitrogens with one attached hydrogen (secondary N) is 1. The van der Waals surface area contributed by atoms with Crippen LogP contribution < -0.4 is 10.5 Å². The summed E-state index contributed by atoms with van der Waals surface area (Å²) < 4.78 is 14.0. The Kier molecular flexibility index (Phi) is 5.07. The highest BCUT2D eigenvalue weighted by atomic mass is 19.1. The lowest BCUT2D eigenvalue weighted by Gasteiger charge is -2.42. The predicted octanol–water partition coefficient (Wildman–Crippen LogP) is 3.36. The van der Waals surface area contributed by atoms with Gasteiger partial charge in [-0.15, -0.1) is 0 Å². The van der Waals surface area contributed by atoms with Crippen molar-refractivity contribution in [3.05, 3.63) is 64.3 Å². The highest BCUT2D eigenvalue weighted by Gasteiger charge is 2.29. The summed E-state index contributed by atoms with van der Waals surface area (Å²) in [5, 5.41) is 0. The number of aromatic nitrogens is 1. The third-order valence-corrected chi connectivity index (χ3v) is 5.97. The number of pyridine rings is 1. The fraction of sp³-hybridized carbons (Fsp3) is 0.476. The van der Waals surface area contributed by atoms with Crippen molar-refractivity contribution in [2.45, 2.75) is 37.6 Å². The second-order valence-corrected chi connectivity index (χ2v) is 7.47. The molecular formula is C21H26FN3O. The minimum Gasteiger partial charge on any atom is -0.369 e. The maximum Gasteiger partial charge on any atom is 0.248 e. The average Bonchev–Trinajstić information content (AvgIpc) is 2.69. The number of likely N-dealkylation sites (tertiary alicyclic amines) is 1. The lowest BCUT2D eigenvalue weighted by molar-refractivity contribution is 0.131.